The number of pyridine rings is 1. The van der Waals surface area contributed by atoms with E-state index in [0.717, 1.165) is 57.7 Å². The van der Waals surface area contributed by atoms with E-state index >= 15 is 8.78 Å². The van der Waals surface area contributed by atoms with E-state index in [1.54, 1.807) is 0 Å². The highest BCUT2D eigenvalue weighted by Crippen LogP contribution is 2.42. The topological polar surface area (TPSA) is 92.7 Å². The minimum absolute atomic E-state index is 0.0226. The number of rotatable bonds is 7. The zero-order valence-electron chi connectivity index (χ0n) is 25.0. The predicted octanol–water partition coefficient (Wildman–Crippen LogP) is 4.73. The van der Waals surface area contributed by atoms with Gasteiger partial charge in [0.15, 0.2) is 5.82 Å². The molecule has 2 atom stereocenters. The molecule has 0 aliphatic carbocycles. The minimum Gasteiger partial charge on any atom is -0.461 e. The summed E-state index contributed by atoms with van der Waals surface area (Å²) in [5.74, 6) is -0.113. The van der Waals surface area contributed by atoms with Crippen molar-refractivity contribution in [1.82, 2.24) is 25.2 Å². The number of piperazine rings is 1. The zero-order chi connectivity index (χ0) is 31.6. The number of carbonyl (C=O) groups is 1. The molecule has 4 aliphatic rings. The SMILES string of the molecule is C#Cc1c(F)ccc2cc(OC=O)cc(-c3nc(F)c4c(N5CC6CCC(C5)N6)nc(OCC56CCCN5CCC6)nc4c3F)c12. The summed E-state index contributed by atoms with van der Waals surface area (Å²) in [6, 6.07) is 5.67. The van der Waals surface area contributed by atoms with Crippen LogP contribution < -0.4 is 19.7 Å². The molecule has 236 valence electrons. The Bertz CT molecular complexity index is 1930. The summed E-state index contributed by atoms with van der Waals surface area (Å²) in [4.78, 5) is 28.8. The Morgan fingerprint density at radius 2 is 1.80 bits per heavy atom. The van der Waals surface area contributed by atoms with Gasteiger partial charge in [0.1, 0.15) is 40.6 Å². The summed E-state index contributed by atoms with van der Waals surface area (Å²) in [6.45, 7) is 3.68. The molecule has 1 N–H and O–H groups in total. The largest absolute Gasteiger partial charge is 0.461 e. The molecular formula is C34H31F3N6O3. The molecule has 0 spiro atoms. The van der Waals surface area contributed by atoms with Crippen molar-refractivity contribution in [2.75, 3.05) is 37.7 Å². The molecule has 2 bridgehead atoms. The maximum Gasteiger partial charge on any atom is 0.319 e. The van der Waals surface area contributed by atoms with Crippen LogP contribution in [0.1, 0.15) is 44.1 Å². The molecule has 9 nitrogen and oxygen atoms in total. The molecule has 8 rings (SSSR count). The molecular weight excluding hydrogens is 597 g/mol. The van der Waals surface area contributed by atoms with E-state index in [9.17, 15) is 9.18 Å². The Kier molecular flexibility index (Phi) is 6.99. The molecule has 0 saturated carbocycles. The number of hydrogen-bond acceptors (Lipinski definition) is 9. The first-order valence-corrected chi connectivity index (χ1v) is 15.7. The molecule has 4 saturated heterocycles. The van der Waals surface area contributed by atoms with Gasteiger partial charge in [-0.2, -0.15) is 14.4 Å². The number of terminal acetylenes is 1. The molecule has 0 amide bonds. The summed E-state index contributed by atoms with van der Waals surface area (Å²) in [7, 11) is 0. The fraction of sp³-hybridized carbons (Fsp3) is 0.412. The summed E-state index contributed by atoms with van der Waals surface area (Å²) in [5.41, 5.74) is -1.09. The lowest BCUT2D eigenvalue weighted by atomic mass is 9.95. The van der Waals surface area contributed by atoms with Crippen LogP contribution in [0.15, 0.2) is 24.3 Å². The number of nitrogens with one attached hydrogen (secondary N) is 1. The number of aromatic nitrogens is 3. The molecule has 4 aromatic rings. The Morgan fingerprint density at radius 1 is 1.04 bits per heavy atom. The third-order valence-corrected chi connectivity index (χ3v) is 10.1. The highest BCUT2D eigenvalue weighted by molar-refractivity contribution is 6.03. The number of benzene rings is 2. The van der Waals surface area contributed by atoms with Crippen molar-refractivity contribution < 1.29 is 27.4 Å². The number of halogens is 3. The molecule has 2 unspecified atom stereocenters. The maximum atomic E-state index is 16.9. The van der Waals surface area contributed by atoms with Crippen LogP contribution in [-0.4, -0.2) is 76.7 Å². The Balaban J connectivity index is 1.32. The van der Waals surface area contributed by atoms with Crippen LogP contribution in [0.5, 0.6) is 11.8 Å². The molecule has 0 radical (unpaired) electrons. The summed E-state index contributed by atoms with van der Waals surface area (Å²) >= 11 is 0. The van der Waals surface area contributed by atoms with Gasteiger partial charge in [-0.1, -0.05) is 12.0 Å². The van der Waals surface area contributed by atoms with E-state index in [4.69, 9.17) is 15.9 Å². The first kappa shape index (κ1) is 29.0. The summed E-state index contributed by atoms with van der Waals surface area (Å²) in [5, 5.41) is 3.87. The van der Waals surface area contributed by atoms with E-state index in [2.05, 4.69) is 31.1 Å². The van der Waals surface area contributed by atoms with Gasteiger partial charge in [-0.3, -0.25) is 9.69 Å². The number of carbonyl (C=O) groups excluding carboxylic acids is 1. The monoisotopic (exact) mass is 628 g/mol. The van der Waals surface area contributed by atoms with E-state index in [1.807, 2.05) is 4.90 Å². The van der Waals surface area contributed by atoms with Gasteiger partial charge in [0.05, 0.1) is 11.1 Å². The smallest absolute Gasteiger partial charge is 0.319 e. The van der Waals surface area contributed by atoms with Gasteiger partial charge in [-0.25, -0.2) is 13.8 Å². The second kappa shape index (κ2) is 11.1. The summed E-state index contributed by atoms with van der Waals surface area (Å²) < 4.78 is 59.5. The van der Waals surface area contributed by atoms with Crippen LogP contribution in [-0.2, 0) is 4.79 Å². The lowest BCUT2D eigenvalue weighted by molar-refractivity contribution is -0.120. The van der Waals surface area contributed by atoms with Gasteiger partial charge in [0, 0.05) is 36.1 Å². The maximum absolute atomic E-state index is 16.9. The van der Waals surface area contributed by atoms with Gasteiger partial charge in [-0.15, -0.1) is 6.42 Å². The number of anilines is 1. The van der Waals surface area contributed by atoms with Crippen molar-refractivity contribution in [2.45, 2.75) is 56.1 Å². The van der Waals surface area contributed by atoms with E-state index in [-0.39, 0.29) is 69.1 Å². The second-order valence-corrected chi connectivity index (χ2v) is 12.7. The van der Waals surface area contributed by atoms with Crippen molar-refractivity contribution in [1.29, 1.82) is 0 Å². The zero-order valence-corrected chi connectivity index (χ0v) is 25.0. The van der Waals surface area contributed by atoms with Crippen molar-refractivity contribution in [3.63, 3.8) is 0 Å². The fourth-order valence-electron chi connectivity index (χ4n) is 8.06. The third kappa shape index (κ3) is 4.63. The normalized spacial score (nSPS) is 21.9. The average Bonchev–Trinajstić information content (AvgIpc) is 3.74. The van der Waals surface area contributed by atoms with Gasteiger partial charge in [-0.05, 0) is 75.2 Å². The van der Waals surface area contributed by atoms with Crippen molar-refractivity contribution >= 4 is 34.0 Å². The van der Waals surface area contributed by atoms with E-state index in [0.29, 0.717) is 25.1 Å². The Labute approximate surface area is 263 Å². The van der Waals surface area contributed by atoms with Crippen LogP contribution >= 0.6 is 0 Å². The number of fused-ring (bicyclic) bond motifs is 5. The van der Waals surface area contributed by atoms with Crippen molar-refractivity contribution in [2.24, 2.45) is 0 Å². The number of hydrogen-bond donors (Lipinski definition) is 1. The van der Waals surface area contributed by atoms with Gasteiger partial charge in [0.2, 0.25) is 5.95 Å². The second-order valence-electron chi connectivity index (χ2n) is 12.7. The highest BCUT2D eigenvalue weighted by atomic mass is 19.1. The quantitative estimate of drug-likeness (QED) is 0.177. The van der Waals surface area contributed by atoms with Crippen molar-refractivity contribution in [3.8, 4) is 35.4 Å². The van der Waals surface area contributed by atoms with Gasteiger partial charge < -0.3 is 19.7 Å². The Hall–Kier alpha value is -4.47. The van der Waals surface area contributed by atoms with Crippen LogP contribution in [0, 0.1) is 29.9 Å². The fourth-order valence-corrected chi connectivity index (χ4v) is 8.06. The molecule has 2 aromatic carbocycles. The first-order valence-electron chi connectivity index (χ1n) is 15.7. The van der Waals surface area contributed by atoms with Crippen LogP contribution in [0.2, 0.25) is 0 Å². The standard InChI is InChI=1S/C34H31F3N6O3/c1-2-23-25(35)8-5-19-13-22(46-18-44)14-24(26(19)23)29-28(36)30-27(31(37)39-29)32(42-15-20-6-7-21(16-42)38-20)41-33(40-30)45-17-34-9-3-11-43(34)12-4-10-34/h1,5,8,13-14,18,20-21,38H,3-4,6-7,9-12,15-17H2. The minimum atomic E-state index is -0.997. The van der Waals surface area contributed by atoms with Gasteiger partial charge in [0.25, 0.3) is 6.47 Å². The molecule has 6 heterocycles. The van der Waals surface area contributed by atoms with Crippen LogP contribution in [0.25, 0.3) is 32.9 Å². The first-order chi connectivity index (χ1) is 22.4. The summed E-state index contributed by atoms with van der Waals surface area (Å²) in [6.07, 6.45) is 11.8. The number of nitrogens with zero attached hydrogens (tertiary/aromatic N) is 5. The lowest BCUT2D eigenvalue weighted by Gasteiger charge is -2.34. The average molecular weight is 629 g/mol. The van der Waals surface area contributed by atoms with E-state index < -0.39 is 23.3 Å². The Morgan fingerprint density at radius 3 is 2.52 bits per heavy atom. The molecule has 4 fully saturated rings. The lowest BCUT2D eigenvalue weighted by Crippen LogP contribution is -2.51. The van der Waals surface area contributed by atoms with Crippen LogP contribution in [0.4, 0.5) is 19.0 Å². The molecule has 4 aliphatic heterocycles. The van der Waals surface area contributed by atoms with Crippen LogP contribution in [0.3, 0.4) is 0 Å². The molecule has 2 aromatic heterocycles. The highest BCUT2D eigenvalue weighted by Gasteiger charge is 2.45. The predicted molar refractivity (Wildman–Crippen MR) is 165 cm³/mol. The third-order valence-electron chi connectivity index (χ3n) is 10.1. The molecule has 46 heavy (non-hydrogen) atoms. The number of ether oxygens (including phenoxy) is 2. The van der Waals surface area contributed by atoms with Gasteiger partial charge >= 0.3 is 6.01 Å². The van der Waals surface area contributed by atoms with E-state index in [1.165, 1.54) is 18.2 Å². The molecule has 12 heteroatoms. The van der Waals surface area contributed by atoms with Crippen molar-refractivity contribution in [3.05, 3.63) is 47.4 Å².